The van der Waals surface area contributed by atoms with Crippen LogP contribution in [0.2, 0.25) is 5.02 Å². The van der Waals surface area contributed by atoms with Crippen LogP contribution in [0.3, 0.4) is 0 Å². The first-order valence-corrected chi connectivity index (χ1v) is 8.74. The molecule has 1 heterocycles. The Morgan fingerprint density at radius 1 is 1.04 bits per heavy atom. The topological polar surface area (TPSA) is 76.3 Å². The number of benzene rings is 2. The van der Waals surface area contributed by atoms with Gasteiger partial charge in [-0.25, -0.2) is 0 Å². The van der Waals surface area contributed by atoms with E-state index < -0.39 is 11.9 Å². The lowest BCUT2D eigenvalue weighted by Crippen LogP contribution is -2.41. The van der Waals surface area contributed by atoms with Crippen molar-refractivity contribution < 1.29 is 9.59 Å². The van der Waals surface area contributed by atoms with Crippen molar-refractivity contribution in [2.24, 2.45) is 5.73 Å². The van der Waals surface area contributed by atoms with Crippen LogP contribution in [0.1, 0.15) is 27.5 Å². The highest BCUT2D eigenvalue weighted by molar-refractivity contribution is 6.30. The monoisotopic (exact) mass is 379 g/mol. The van der Waals surface area contributed by atoms with E-state index in [2.05, 4.69) is 4.98 Å². The molecule has 0 aliphatic heterocycles. The van der Waals surface area contributed by atoms with E-state index in [4.69, 9.17) is 17.3 Å². The number of nitrogens with zero attached hydrogens (tertiary/aromatic N) is 2. The van der Waals surface area contributed by atoms with Crippen LogP contribution < -0.4 is 5.73 Å². The van der Waals surface area contributed by atoms with Crippen LogP contribution in [0.4, 0.5) is 0 Å². The van der Waals surface area contributed by atoms with E-state index in [9.17, 15) is 9.59 Å². The van der Waals surface area contributed by atoms with Crippen molar-refractivity contribution in [1.82, 2.24) is 9.88 Å². The highest BCUT2D eigenvalue weighted by Crippen LogP contribution is 2.25. The van der Waals surface area contributed by atoms with E-state index in [1.54, 1.807) is 60.8 Å². The fourth-order valence-electron chi connectivity index (χ4n) is 2.90. The number of amides is 2. The second-order valence-corrected chi connectivity index (χ2v) is 6.46. The number of carbonyl (C=O) groups excluding carboxylic acids is 2. The van der Waals surface area contributed by atoms with Gasteiger partial charge in [0, 0.05) is 24.0 Å². The molecule has 0 aliphatic rings. The Bertz CT molecular complexity index is 932. The number of hydrogen-bond acceptors (Lipinski definition) is 3. The van der Waals surface area contributed by atoms with Crippen LogP contribution in [0, 0.1) is 0 Å². The zero-order valence-electron chi connectivity index (χ0n) is 14.5. The summed E-state index contributed by atoms with van der Waals surface area (Å²) >= 11 is 6.08. The number of nitrogens with two attached hydrogens (primary N) is 1. The number of hydrogen-bond donors (Lipinski definition) is 1. The minimum atomic E-state index is -0.919. The van der Waals surface area contributed by atoms with Crippen molar-refractivity contribution in [3.8, 4) is 0 Å². The zero-order chi connectivity index (χ0) is 19.2. The molecule has 5 nitrogen and oxygen atoms in total. The molecule has 1 aromatic heterocycles. The molecule has 2 aromatic carbocycles. The smallest absolute Gasteiger partial charge is 0.256 e. The van der Waals surface area contributed by atoms with E-state index in [1.165, 1.54) is 11.1 Å². The summed E-state index contributed by atoms with van der Waals surface area (Å²) in [5.74, 6) is -0.948. The minimum absolute atomic E-state index is 0.177. The Morgan fingerprint density at radius 3 is 2.44 bits per heavy atom. The largest absolute Gasteiger partial charge is 0.368 e. The lowest BCUT2D eigenvalue weighted by molar-refractivity contribution is -0.122. The van der Waals surface area contributed by atoms with Crippen LogP contribution in [-0.4, -0.2) is 21.7 Å². The molecule has 2 amide bonds. The predicted molar refractivity (Wildman–Crippen MR) is 104 cm³/mol. The maximum absolute atomic E-state index is 13.2. The molecule has 0 saturated carbocycles. The molecule has 0 bridgehead atoms. The third kappa shape index (κ3) is 4.51. The van der Waals surface area contributed by atoms with Gasteiger partial charge >= 0.3 is 0 Å². The fourth-order valence-corrected chi connectivity index (χ4v) is 3.11. The van der Waals surface area contributed by atoms with Gasteiger partial charge in [-0.15, -0.1) is 0 Å². The number of rotatable bonds is 6. The van der Waals surface area contributed by atoms with Crippen LogP contribution in [-0.2, 0) is 11.3 Å². The first kappa shape index (κ1) is 18.6. The summed E-state index contributed by atoms with van der Waals surface area (Å²) in [6, 6.07) is 18.6. The van der Waals surface area contributed by atoms with Crippen molar-refractivity contribution in [1.29, 1.82) is 0 Å². The quantitative estimate of drug-likeness (QED) is 0.710. The van der Waals surface area contributed by atoms with Crippen LogP contribution in [0.5, 0.6) is 0 Å². The van der Waals surface area contributed by atoms with Crippen molar-refractivity contribution in [2.45, 2.75) is 12.6 Å². The van der Waals surface area contributed by atoms with Gasteiger partial charge < -0.3 is 10.6 Å². The van der Waals surface area contributed by atoms with E-state index in [1.807, 2.05) is 12.1 Å². The predicted octanol–water partition coefficient (Wildman–Crippen LogP) is 3.60. The molecule has 3 rings (SSSR count). The molecule has 6 heteroatoms. The van der Waals surface area contributed by atoms with Crippen molar-refractivity contribution >= 4 is 23.4 Å². The molecular weight excluding hydrogens is 362 g/mol. The number of carbonyl (C=O) groups is 2. The molecule has 0 saturated heterocycles. The van der Waals surface area contributed by atoms with Gasteiger partial charge in [-0.2, -0.15) is 0 Å². The van der Waals surface area contributed by atoms with Crippen molar-refractivity contribution in [3.05, 3.63) is 101 Å². The molecule has 2 N–H and O–H groups in total. The Balaban J connectivity index is 2.05. The van der Waals surface area contributed by atoms with Crippen molar-refractivity contribution in [2.75, 3.05) is 0 Å². The molecular formula is C21H18ClN3O2. The van der Waals surface area contributed by atoms with Gasteiger partial charge in [-0.3, -0.25) is 14.6 Å². The molecule has 1 atom stereocenters. The normalized spacial score (nSPS) is 11.6. The highest BCUT2D eigenvalue weighted by Gasteiger charge is 2.30. The molecule has 3 aromatic rings. The van der Waals surface area contributed by atoms with Gasteiger partial charge in [-0.05, 0) is 35.4 Å². The summed E-state index contributed by atoms with van der Waals surface area (Å²) in [6.45, 7) is 0.177. The maximum Gasteiger partial charge on any atom is 0.256 e. The van der Waals surface area contributed by atoms with Crippen LogP contribution >= 0.6 is 11.6 Å². The average Bonchev–Trinajstić information content (AvgIpc) is 2.68. The molecule has 27 heavy (non-hydrogen) atoms. The van der Waals surface area contributed by atoms with E-state index in [-0.39, 0.29) is 12.5 Å². The third-order valence-corrected chi connectivity index (χ3v) is 4.34. The average molecular weight is 380 g/mol. The van der Waals surface area contributed by atoms with Gasteiger partial charge in [-0.1, -0.05) is 54.1 Å². The van der Waals surface area contributed by atoms with E-state index in [0.29, 0.717) is 16.1 Å². The van der Waals surface area contributed by atoms with Gasteiger partial charge in [0.2, 0.25) is 5.91 Å². The Kier molecular flexibility index (Phi) is 5.84. The maximum atomic E-state index is 13.2. The molecule has 0 radical (unpaired) electrons. The molecule has 136 valence electrons. The first-order valence-electron chi connectivity index (χ1n) is 8.36. The summed E-state index contributed by atoms with van der Waals surface area (Å²) in [5.41, 5.74) is 7.51. The number of primary amides is 1. The summed E-state index contributed by atoms with van der Waals surface area (Å²) in [6.07, 6.45) is 3.05. The molecule has 0 fully saturated rings. The molecule has 0 spiro atoms. The second kappa shape index (κ2) is 8.47. The van der Waals surface area contributed by atoms with E-state index in [0.717, 1.165) is 5.56 Å². The molecule has 0 unspecified atom stereocenters. The summed E-state index contributed by atoms with van der Waals surface area (Å²) in [4.78, 5) is 31.0. The van der Waals surface area contributed by atoms with Crippen LogP contribution in [0.25, 0.3) is 0 Å². The SMILES string of the molecule is NC(=O)[C@@H](c1ccccc1)N(Cc1cccc(Cl)c1)C(=O)c1cccnc1. The summed E-state index contributed by atoms with van der Waals surface area (Å²) in [7, 11) is 0. The highest BCUT2D eigenvalue weighted by atomic mass is 35.5. The number of halogens is 1. The lowest BCUT2D eigenvalue weighted by atomic mass is 10.0. The number of aromatic nitrogens is 1. The van der Waals surface area contributed by atoms with Gasteiger partial charge in [0.25, 0.3) is 5.91 Å². The van der Waals surface area contributed by atoms with Crippen molar-refractivity contribution in [3.63, 3.8) is 0 Å². The van der Waals surface area contributed by atoms with Crippen LogP contribution in [0.15, 0.2) is 79.1 Å². The zero-order valence-corrected chi connectivity index (χ0v) is 15.2. The van der Waals surface area contributed by atoms with Gasteiger partial charge in [0.1, 0.15) is 6.04 Å². The second-order valence-electron chi connectivity index (χ2n) is 6.02. The fraction of sp³-hybridized carbons (Fsp3) is 0.0952. The standard InChI is InChI=1S/C21H18ClN3O2/c22-18-10-4-6-15(12-18)14-25(21(27)17-9-5-11-24-13-17)19(20(23)26)16-7-2-1-3-8-16/h1-13,19H,14H2,(H2,23,26)/t19-/m1/s1. The number of pyridine rings is 1. The van der Waals surface area contributed by atoms with Gasteiger partial charge in [0.05, 0.1) is 5.56 Å². The minimum Gasteiger partial charge on any atom is -0.368 e. The lowest BCUT2D eigenvalue weighted by Gasteiger charge is -2.30. The third-order valence-electron chi connectivity index (χ3n) is 4.11. The molecule has 0 aliphatic carbocycles. The summed E-state index contributed by atoms with van der Waals surface area (Å²) in [5, 5.41) is 0.552. The Hall–Kier alpha value is -3.18. The Labute approximate surface area is 162 Å². The summed E-state index contributed by atoms with van der Waals surface area (Å²) < 4.78 is 0. The Morgan fingerprint density at radius 2 is 1.81 bits per heavy atom. The van der Waals surface area contributed by atoms with E-state index >= 15 is 0 Å². The van der Waals surface area contributed by atoms with Gasteiger partial charge in [0.15, 0.2) is 0 Å². The first-order chi connectivity index (χ1) is 13.1.